The molecule has 3 fully saturated rings. The Morgan fingerprint density at radius 2 is 1.55 bits per heavy atom. The van der Waals surface area contributed by atoms with E-state index in [1.165, 1.54) is 83.5 Å². The number of rotatable bonds is 19. The van der Waals surface area contributed by atoms with E-state index in [2.05, 4.69) is 84.1 Å². The molecule has 0 bridgehead atoms. The Morgan fingerprint density at radius 1 is 0.830 bits per heavy atom. The number of carbonyl (C=O) groups is 1. The van der Waals surface area contributed by atoms with Crippen LogP contribution in [0.2, 0.25) is 0 Å². The molecule has 4 rings (SSSR count). The second-order valence-corrected chi connectivity index (χ2v) is 17.2. The maximum atomic E-state index is 12.8. The minimum atomic E-state index is 0.0435. The first kappa shape index (κ1) is 38.2. The number of esters is 1. The number of ether oxygens (including phenoxy) is 1. The first-order chi connectivity index (χ1) is 22.7. The lowest BCUT2D eigenvalue weighted by molar-refractivity contribution is -0.151. The summed E-state index contributed by atoms with van der Waals surface area (Å²) in [4.78, 5) is 12.8. The molecule has 4 aliphatic rings. The Labute approximate surface area is 291 Å². The molecule has 0 aromatic carbocycles. The molecule has 0 amide bonds. The number of unbranched alkanes of at least 4 members (excludes halogenated alkanes) is 5. The van der Waals surface area contributed by atoms with Crippen LogP contribution in [0.3, 0.4) is 0 Å². The molecule has 3 saturated carbocycles. The molecule has 8 atom stereocenters. The smallest absolute Gasteiger partial charge is 0.306 e. The van der Waals surface area contributed by atoms with Crippen molar-refractivity contribution in [3.8, 4) is 0 Å². The monoisotopic (exact) mass is 647 g/mol. The molecule has 0 saturated heterocycles. The molecule has 4 aliphatic carbocycles. The normalized spacial score (nSPS) is 32.9. The maximum absolute atomic E-state index is 12.8. The van der Waals surface area contributed by atoms with E-state index in [0.717, 1.165) is 80.5 Å². The summed E-state index contributed by atoms with van der Waals surface area (Å²) in [5, 5.41) is 0. The largest absolute Gasteiger partial charge is 0.462 e. The summed E-state index contributed by atoms with van der Waals surface area (Å²) in [7, 11) is 0. The van der Waals surface area contributed by atoms with Crippen LogP contribution in [-0.4, -0.2) is 12.1 Å². The molecule has 0 aromatic heterocycles. The van der Waals surface area contributed by atoms with Crippen molar-refractivity contribution in [2.45, 2.75) is 182 Å². The molecule has 47 heavy (non-hydrogen) atoms. The van der Waals surface area contributed by atoms with Crippen LogP contribution >= 0.6 is 0 Å². The van der Waals surface area contributed by atoms with E-state index in [1.807, 2.05) is 0 Å². The lowest BCUT2D eigenvalue weighted by atomic mass is 9.47. The first-order valence-corrected chi connectivity index (χ1v) is 20.5. The van der Waals surface area contributed by atoms with Crippen molar-refractivity contribution < 1.29 is 9.53 Å². The Bertz CT molecular complexity index is 1060. The fraction of sp³-hybridized carbons (Fsp3) is 0.800. The van der Waals surface area contributed by atoms with Crippen LogP contribution in [0.5, 0.6) is 0 Å². The highest BCUT2D eigenvalue weighted by Crippen LogP contribution is 2.67. The molecule has 0 N–H and O–H groups in total. The first-order valence-electron chi connectivity index (χ1n) is 20.5. The van der Waals surface area contributed by atoms with Gasteiger partial charge in [0.05, 0.1) is 0 Å². The highest BCUT2D eigenvalue weighted by molar-refractivity contribution is 5.69. The fourth-order valence-corrected chi connectivity index (χ4v) is 10.9. The van der Waals surface area contributed by atoms with Crippen LogP contribution in [0.25, 0.3) is 0 Å². The van der Waals surface area contributed by atoms with Crippen molar-refractivity contribution in [1.82, 2.24) is 0 Å². The van der Waals surface area contributed by atoms with Gasteiger partial charge >= 0.3 is 5.97 Å². The third-order valence-corrected chi connectivity index (χ3v) is 13.6. The molecule has 266 valence electrons. The summed E-state index contributed by atoms with van der Waals surface area (Å²) < 4.78 is 6.12. The molecule has 0 heterocycles. The van der Waals surface area contributed by atoms with Crippen molar-refractivity contribution in [1.29, 1.82) is 0 Å². The predicted octanol–water partition coefficient (Wildman–Crippen LogP) is 13.5. The summed E-state index contributed by atoms with van der Waals surface area (Å²) in [5.74, 6) is 5.28. The van der Waals surface area contributed by atoms with E-state index in [0.29, 0.717) is 17.3 Å². The summed E-state index contributed by atoms with van der Waals surface area (Å²) >= 11 is 0. The summed E-state index contributed by atoms with van der Waals surface area (Å²) in [6.07, 6.45) is 41.7. The van der Waals surface area contributed by atoms with E-state index in [9.17, 15) is 4.79 Å². The molecular formula is C45H74O2. The Hall–Kier alpha value is -1.57. The number of hydrogen-bond acceptors (Lipinski definition) is 2. The van der Waals surface area contributed by atoms with Gasteiger partial charge in [0.1, 0.15) is 6.10 Å². The van der Waals surface area contributed by atoms with Gasteiger partial charge in [-0.3, -0.25) is 4.79 Å². The third-order valence-electron chi connectivity index (χ3n) is 13.6. The summed E-state index contributed by atoms with van der Waals surface area (Å²) in [6, 6.07) is 0. The highest BCUT2D eigenvalue weighted by atomic mass is 16.5. The van der Waals surface area contributed by atoms with Crippen LogP contribution in [-0.2, 0) is 9.53 Å². The van der Waals surface area contributed by atoms with Gasteiger partial charge in [-0.15, -0.1) is 0 Å². The van der Waals surface area contributed by atoms with E-state index in [4.69, 9.17) is 4.74 Å². The molecule has 0 radical (unpaired) electrons. The van der Waals surface area contributed by atoms with Gasteiger partial charge in [-0.25, -0.2) is 0 Å². The molecule has 2 heteroatoms. The summed E-state index contributed by atoms with van der Waals surface area (Å²) in [5.41, 5.74) is 2.51. The molecule has 0 aliphatic heterocycles. The van der Waals surface area contributed by atoms with Crippen LogP contribution in [0.1, 0.15) is 176 Å². The van der Waals surface area contributed by atoms with Crippen LogP contribution in [0.4, 0.5) is 0 Å². The molecular weight excluding hydrogens is 572 g/mol. The van der Waals surface area contributed by atoms with Crippen LogP contribution in [0, 0.1) is 46.3 Å². The van der Waals surface area contributed by atoms with E-state index in [1.54, 1.807) is 5.57 Å². The highest BCUT2D eigenvalue weighted by Gasteiger charge is 2.59. The van der Waals surface area contributed by atoms with Gasteiger partial charge in [0.2, 0.25) is 0 Å². The van der Waals surface area contributed by atoms with Crippen LogP contribution in [0.15, 0.2) is 48.1 Å². The Morgan fingerprint density at radius 3 is 2.32 bits per heavy atom. The standard InChI is InChI=1S/C45H74O2/c1-7-8-9-10-11-12-13-14-15-16-17-18-19-20-21-25-43(46)47-38-30-32-44(5)37(34-38)26-27-39-41-29-28-40(36(4)24-22-23-35(2)3)45(41,6)33-31-42(39)44/h8-9,11-12,14-15,26,35-36,38-42H,7,10,13,16-25,27-34H2,1-6H3/b9-8-,12-11-,15-14-/t36-,38+,39?,40?,41?,42?,44+,45-/m1/s1. The third kappa shape index (κ3) is 10.5. The number of carbonyl (C=O) groups excluding carboxylic acids is 1. The zero-order valence-corrected chi connectivity index (χ0v) is 31.7. The average Bonchev–Trinajstić information content (AvgIpc) is 3.40. The zero-order chi connectivity index (χ0) is 33.7. The quantitative estimate of drug-likeness (QED) is 0.0793. The number of hydrogen-bond donors (Lipinski definition) is 0. The lowest BCUT2D eigenvalue weighted by Gasteiger charge is -2.58. The van der Waals surface area contributed by atoms with Gasteiger partial charge < -0.3 is 4.74 Å². The van der Waals surface area contributed by atoms with Gasteiger partial charge in [0, 0.05) is 12.8 Å². The van der Waals surface area contributed by atoms with Gasteiger partial charge in [0.15, 0.2) is 0 Å². The van der Waals surface area contributed by atoms with Gasteiger partial charge in [-0.1, -0.05) is 128 Å². The molecule has 0 aromatic rings. The van der Waals surface area contributed by atoms with Gasteiger partial charge in [-0.2, -0.15) is 0 Å². The second kappa shape index (κ2) is 19.0. The number of allylic oxidation sites excluding steroid dienone is 7. The van der Waals surface area contributed by atoms with E-state index >= 15 is 0 Å². The Balaban J connectivity index is 1.13. The minimum Gasteiger partial charge on any atom is -0.462 e. The van der Waals surface area contributed by atoms with E-state index < -0.39 is 0 Å². The predicted molar refractivity (Wildman–Crippen MR) is 202 cm³/mol. The Kier molecular flexibility index (Phi) is 15.4. The lowest BCUT2D eigenvalue weighted by Crippen LogP contribution is -2.51. The minimum absolute atomic E-state index is 0.0435. The SMILES string of the molecule is CC/C=C\C/C=C\C/C=C\CCCCCCCC(=O)O[C@H]1CC[C@@]2(C)C(=CCC3C4CCC([C@H](C)CCCC(C)C)[C@@]4(C)CCC32)C1. The molecule has 2 nitrogen and oxygen atoms in total. The van der Waals surface area contributed by atoms with Crippen molar-refractivity contribution in [3.05, 3.63) is 48.1 Å². The number of fused-ring (bicyclic) bond motifs is 5. The fourth-order valence-electron chi connectivity index (χ4n) is 10.9. The maximum Gasteiger partial charge on any atom is 0.306 e. The zero-order valence-electron chi connectivity index (χ0n) is 31.7. The van der Waals surface area contributed by atoms with Crippen molar-refractivity contribution >= 4 is 5.97 Å². The average molecular weight is 647 g/mol. The van der Waals surface area contributed by atoms with Crippen molar-refractivity contribution in [3.63, 3.8) is 0 Å². The summed E-state index contributed by atoms with van der Waals surface area (Å²) in [6.45, 7) is 14.8. The van der Waals surface area contributed by atoms with Crippen molar-refractivity contribution in [2.75, 3.05) is 0 Å². The van der Waals surface area contributed by atoms with E-state index in [-0.39, 0.29) is 12.1 Å². The van der Waals surface area contributed by atoms with Gasteiger partial charge in [0.25, 0.3) is 0 Å². The molecule has 0 spiro atoms. The van der Waals surface area contributed by atoms with Crippen LogP contribution < -0.4 is 0 Å². The van der Waals surface area contributed by atoms with Gasteiger partial charge in [-0.05, 0) is 130 Å². The molecule has 4 unspecified atom stereocenters. The van der Waals surface area contributed by atoms with Crippen molar-refractivity contribution in [2.24, 2.45) is 46.3 Å². The second-order valence-electron chi connectivity index (χ2n) is 17.2. The topological polar surface area (TPSA) is 26.3 Å².